The van der Waals surface area contributed by atoms with Crippen molar-refractivity contribution in [1.82, 2.24) is 5.32 Å². The lowest BCUT2D eigenvalue weighted by molar-refractivity contribution is 0.341. The Morgan fingerprint density at radius 2 is 2.00 bits per heavy atom. The van der Waals surface area contributed by atoms with Crippen molar-refractivity contribution in [3.63, 3.8) is 0 Å². The zero-order valence-corrected chi connectivity index (χ0v) is 7.89. The van der Waals surface area contributed by atoms with Crippen molar-refractivity contribution in [2.75, 3.05) is 7.05 Å². The van der Waals surface area contributed by atoms with E-state index in [9.17, 15) is 0 Å². The molecular weight excluding hydrogens is 136 g/mol. The van der Waals surface area contributed by atoms with Crippen LogP contribution in [0.2, 0.25) is 0 Å². The van der Waals surface area contributed by atoms with E-state index in [1.54, 1.807) is 0 Å². The molecule has 0 aromatic carbocycles. The summed E-state index contributed by atoms with van der Waals surface area (Å²) in [4.78, 5) is 0. The fraction of sp³-hybridized carbons (Fsp3) is 0.889. The van der Waals surface area contributed by atoms with E-state index in [1.807, 2.05) is 7.05 Å². The Morgan fingerprint density at radius 3 is 2.09 bits per heavy atom. The van der Waals surface area contributed by atoms with E-state index in [1.165, 1.54) is 0 Å². The molecule has 0 bridgehead atoms. The van der Waals surface area contributed by atoms with Crippen molar-refractivity contribution in [1.29, 1.82) is 5.26 Å². The molecule has 0 fully saturated rings. The van der Waals surface area contributed by atoms with Gasteiger partial charge in [-0.05, 0) is 19.4 Å². The van der Waals surface area contributed by atoms with Gasteiger partial charge in [-0.1, -0.05) is 20.8 Å². The van der Waals surface area contributed by atoms with Crippen molar-refractivity contribution < 1.29 is 0 Å². The predicted octanol–water partition coefficient (Wildman–Crippen LogP) is 1.78. The van der Waals surface area contributed by atoms with E-state index in [-0.39, 0.29) is 5.92 Å². The number of hydrogen-bond acceptors (Lipinski definition) is 2. The molecule has 0 aliphatic heterocycles. The van der Waals surface area contributed by atoms with Crippen molar-refractivity contribution in [3.8, 4) is 6.07 Å². The topological polar surface area (TPSA) is 35.8 Å². The largest absolute Gasteiger partial charge is 0.315 e. The van der Waals surface area contributed by atoms with Gasteiger partial charge in [0.05, 0.1) is 12.0 Å². The minimum Gasteiger partial charge on any atom is -0.315 e. The SMILES string of the molecule is CCC(C#N)C(NC)C(C)C. The molecule has 0 saturated heterocycles. The average Bonchev–Trinajstić information content (AvgIpc) is 1.99. The smallest absolute Gasteiger partial charge is 0.0672 e. The highest BCUT2D eigenvalue weighted by molar-refractivity contribution is 4.91. The highest BCUT2D eigenvalue weighted by Gasteiger charge is 2.20. The van der Waals surface area contributed by atoms with Gasteiger partial charge < -0.3 is 5.32 Å². The predicted molar refractivity (Wildman–Crippen MR) is 47.1 cm³/mol. The van der Waals surface area contributed by atoms with Crippen LogP contribution >= 0.6 is 0 Å². The minimum absolute atomic E-state index is 0.153. The zero-order chi connectivity index (χ0) is 8.85. The molecule has 0 saturated carbocycles. The lowest BCUT2D eigenvalue weighted by Crippen LogP contribution is -2.37. The molecular formula is C9H18N2. The van der Waals surface area contributed by atoms with E-state index in [4.69, 9.17) is 5.26 Å². The Balaban J connectivity index is 4.12. The standard InChI is InChI=1S/C9H18N2/c1-5-8(6-10)9(11-4)7(2)3/h7-9,11H,5H2,1-4H3. The van der Waals surface area contributed by atoms with Gasteiger partial charge in [0, 0.05) is 6.04 Å². The van der Waals surface area contributed by atoms with Gasteiger partial charge in [0.1, 0.15) is 0 Å². The number of nitriles is 1. The highest BCUT2D eigenvalue weighted by atomic mass is 14.9. The molecule has 11 heavy (non-hydrogen) atoms. The highest BCUT2D eigenvalue weighted by Crippen LogP contribution is 2.14. The first-order chi connectivity index (χ1) is 5.17. The van der Waals surface area contributed by atoms with Gasteiger partial charge in [-0.3, -0.25) is 0 Å². The Bertz CT molecular complexity index is 135. The molecule has 2 nitrogen and oxygen atoms in total. The molecule has 2 heteroatoms. The first kappa shape index (κ1) is 10.4. The zero-order valence-electron chi connectivity index (χ0n) is 7.89. The second-order valence-electron chi connectivity index (χ2n) is 3.20. The lowest BCUT2D eigenvalue weighted by atomic mass is 9.90. The van der Waals surface area contributed by atoms with Gasteiger partial charge in [0.2, 0.25) is 0 Å². The summed E-state index contributed by atoms with van der Waals surface area (Å²) in [6.45, 7) is 6.34. The van der Waals surface area contributed by atoms with Gasteiger partial charge in [-0.25, -0.2) is 0 Å². The van der Waals surface area contributed by atoms with Crippen LogP contribution < -0.4 is 5.32 Å². The van der Waals surface area contributed by atoms with Crippen molar-refractivity contribution >= 4 is 0 Å². The van der Waals surface area contributed by atoms with Crippen molar-refractivity contribution in [2.45, 2.75) is 33.2 Å². The second-order valence-corrected chi connectivity index (χ2v) is 3.20. The van der Waals surface area contributed by atoms with Gasteiger partial charge in [0.15, 0.2) is 0 Å². The third-order valence-electron chi connectivity index (χ3n) is 2.09. The molecule has 0 heterocycles. The molecule has 0 amide bonds. The minimum atomic E-state index is 0.153. The first-order valence-electron chi connectivity index (χ1n) is 4.24. The molecule has 2 atom stereocenters. The van der Waals surface area contributed by atoms with Gasteiger partial charge in [-0.2, -0.15) is 5.26 Å². The Kier molecular flexibility index (Phi) is 4.89. The summed E-state index contributed by atoms with van der Waals surface area (Å²) in [6.07, 6.45) is 0.931. The normalized spacial score (nSPS) is 16.0. The van der Waals surface area contributed by atoms with Crippen LogP contribution in [0.4, 0.5) is 0 Å². The fourth-order valence-electron chi connectivity index (χ4n) is 1.42. The third kappa shape index (κ3) is 2.90. The summed E-state index contributed by atoms with van der Waals surface area (Å²) in [5, 5.41) is 12.0. The molecule has 0 spiro atoms. The van der Waals surface area contributed by atoms with Gasteiger partial charge in [-0.15, -0.1) is 0 Å². The van der Waals surface area contributed by atoms with Crippen LogP contribution in [0, 0.1) is 23.2 Å². The quantitative estimate of drug-likeness (QED) is 0.670. The summed E-state index contributed by atoms with van der Waals surface area (Å²) in [5.41, 5.74) is 0. The van der Waals surface area contributed by atoms with Crippen LogP contribution in [-0.2, 0) is 0 Å². The molecule has 0 aromatic heterocycles. The van der Waals surface area contributed by atoms with E-state index in [0.717, 1.165) is 6.42 Å². The Morgan fingerprint density at radius 1 is 1.45 bits per heavy atom. The molecule has 64 valence electrons. The Labute approximate surface area is 69.6 Å². The first-order valence-corrected chi connectivity index (χ1v) is 4.24. The summed E-state index contributed by atoms with van der Waals surface area (Å²) >= 11 is 0. The average molecular weight is 154 g/mol. The number of rotatable bonds is 4. The molecule has 0 aromatic rings. The maximum absolute atomic E-state index is 8.79. The molecule has 1 N–H and O–H groups in total. The molecule has 0 aliphatic rings. The van der Waals surface area contributed by atoms with E-state index >= 15 is 0 Å². The molecule has 2 unspecified atom stereocenters. The van der Waals surface area contributed by atoms with Gasteiger partial charge in [0.25, 0.3) is 0 Å². The van der Waals surface area contributed by atoms with Crippen LogP contribution in [0.15, 0.2) is 0 Å². The number of nitrogens with one attached hydrogen (secondary N) is 1. The molecule has 0 radical (unpaired) electrons. The van der Waals surface area contributed by atoms with Crippen LogP contribution in [0.5, 0.6) is 0 Å². The van der Waals surface area contributed by atoms with E-state index in [2.05, 4.69) is 32.2 Å². The Hall–Kier alpha value is -0.550. The third-order valence-corrected chi connectivity index (χ3v) is 2.09. The number of nitrogens with zero attached hydrogens (tertiary/aromatic N) is 1. The fourth-order valence-corrected chi connectivity index (χ4v) is 1.42. The maximum Gasteiger partial charge on any atom is 0.0672 e. The van der Waals surface area contributed by atoms with Crippen molar-refractivity contribution in [3.05, 3.63) is 0 Å². The number of hydrogen-bond donors (Lipinski definition) is 1. The van der Waals surface area contributed by atoms with Crippen LogP contribution in [-0.4, -0.2) is 13.1 Å². The molecule has 0 rings (SSSR count). The summed E-state index contributed by atoms with van der Waals surface area (Å²) < 4.78 is 0. The van der Waals surface area contributed by atoms with E-state index < -0.39 is 0 Å². The van der Waals surface area contributed by atoms with Gasteiger partial charge >= 0.3 is 0 Å². The van der Waals surface area contributed by atoms with E-state index in [0.29, 0.717) is 12.0 Å². The monoisotopic (exact) mass is 154 g/mol. The summed E-state index contributed by atoms with van der Waals surface area (Å²) in [6, 6.07) is 2.66. The second kappa shape index (κ2) is 5.15. The van der Waals surface area contributed by atoms with Crippen molar-refractivity contribution in [2.24, 2.45) is 11.8 Å². The van der Waals surface area contributed by atoms with Crippen LogP contribution in [0.1, 0.15) is 27.2 Å². The molecule has 0 aliphatic carbocycles. The summed E-state index contributed by atoms with van der Waals surface area (Å²) in [5.74, 6) is 0.685. The van der Waals surface area contributed by atoms with Crippen LogP contribution in [0.3, 0.4) is 0 Å². The maximum atomic E-state index is 8.79. The lowest BCUT2D eigenvalue weighted by Gasteiger charge is -2.23. The summed E-state index contributed by atoms with van der Waals surface area (Å²) in [7, 11) is 1.92. The van der Waals surface area contributed by atoms with Crippen LogP contribution in [0.25, 0.3) is 0 Å².